The lowest BCUT2D eigenvalue weighted by Crippen LogP contribution is -2.40. The van der Waals surface area contributed by atoms with Gasteiger partial charge < -0.3 is 9.64 Å². The zero-order valence-corrected chi connectivity index (χ0v) is 15.3. The van der Waals surface area contributed by atoms with Gasteiger partial charge in [0.2, 0.25) is 5.95 Å². The molecular formula is C21H22N4O2. The average molecular weight is 362 g/mol. The van der Waals surface area contributed by atoms with Crippen molar-refractivity contribution in [3.63, 3.8) is 0 Å². The molecule has 0 N–H and O–H groups in total. The van der Waals surface area contributed by atoms with Crippen molar-refractivity contribution in [1.29, 1.82) is 0 Å². The van der Waals surface area contributed by atoms with Crippen LogP contribution in [-0.2, 0) is 9.53 Å². The first-order valence-electron chi connectivity index (χ1n) is 9.35. The molecule has 27 heavy (non-hydrogen) atoms. The van der Waals surface area contributed by atoms with Gasteiger partial charge in [0.05, 0.1) is 24.4 Å². The predicted octanol–water partition coefficient (Wildman–Crippen LogP) is 3.47. The lowest BCUT2D eigenvalue weighted by molar-refractivity contribution is -0.148. The van der Waals surface area contributed by atoms with Gasteiger partial charge in [-0.15, -0.1) is 5.10 Å². The van der Waals surface area contributed by atoms with E-state index in [1.165, 1.54) is 0 Å². The predicted molar refractivity (Wildman–Crippen MR) is 104 cm³/mol. The third-order valence-corrected chi connectivity index (χ3v) is 4.94. The molecule has 3 aromatic rings. The fourth-order valence-electron chi connectivity index (χ4n) is 3.62. The fourth-order valence-corrected chi connectivity index (χ4v) is 3.62. The number of carbonyl (C=O) groups is 1. The summed E-state index contributed by atoms with van der Waals surface area (Å²) < 4.78 is 5.18. The van der Waals surface area contributed by atoms with Crippen LogP contribution in [0.15, 0.2) is 48.7 Å². The van der Waals surface area contributed by atoms with Crippen molar-refractivity contribution in [2.24, 2.45) is 5.92 Å². The van der Waals surface area contributed by atoms with Gasteiger partial charge in [0.25, 0.3) is 0 Å². The zero-order valence-electron chi connectivity index (χ0n) is 15.3. The van der Waals surface area contributed by atoms with Crippen LogP contribution in [0.5, 0.6) is 0 Å². The van der Waals surface area contributed by atoms with Gasteiger partial charge in [-0.1, -0.05) is 42.5 Å². The van der Waals surface area contributed by atoms with E-state index in [9.17, 15) is 4.79 Å². The first-order chi connectivity index (χ1) is 13.3. The molecule has 0 bridgehead atoms. The molecule has 1 aliphatic rings. The van der Waals surface area contributed by atoms with Crippen LogP contribution in [0, 0.1) is 5.92 Å². The summed E-state index contributed by atoms with van der Waals surface area (Å²) in [5.41, 5.74) is 1.82. The van der Waals surface area contributed by atoms with E-state index in [0.29, 0.717) is 19.1 Å². The molecule has 0 saturated carbocycles. The van der Waals surface area contributed by atoms with E-state index < -0.39 is 0 Å². The number of carbonyl (C=O) groups excluding carboxylic acids is 1. The van der Waals surface area contributed by atoms with Crippen LogP contribution in [0.4, 0.5) is 5.95 Å². The number of rotatable bonds is 4. The van der Waals surface area contributed by atoms with Crippen LogP contribution in [0.25, 0.3) is 22.0 Å². The van der Waals surface area contributed by atoms with E-state index in [2.05, 4.69) is 28.4 Å². The van der Waals surface area contributed by atoms with Crippen molar-refractivity contribution in [1.82, 2.24) is 15.2 Å². The van der Waals surface area contributed by atoms with Crippen LogP contribution in [0.2, 0.25) is 0 Å². The summed E-state index contributed by atoms with van der Waals surface area (Å²) in [5, 5.41) is 10.7. The summed E-state index contributed by atoms with van der Waals surface area (Å²) in [6.07, 6.45) is 3.44. The molecule has 2 heterocycles. The lowest BCUT2D eigenvalue weighted by atomic mass is 9.98. The largest absolute Gasteiger partial charge is 0.466 e. The molecule has 2 aromatic carbocycles. The Labute approximate surface area is 158 Å². The Morgan fingerprint density at radius 3 is 2.96 bits per heavy atom. The molecule has 6 heteroatoms. The average Bonchev–Trinajstić information content (AvgIpc) is 2.74. The molecule has 0 radical (unpaired) electrons. The maximum absolute atomic E-state index is 12.1. The van der Waals surface area contributed by atoms with E-state index in [0.717, 1.165) is 41.4 Å². The summed E-state index contributed by atoms with van der Waals surface area (Å²) in [7, 11) is 0. The third kappa shape index (κ3) is 3.60. The normalized spacial score (nSPS) is 17.1. The number of ether oxygens (including phenoxy) is 1. The monoisotopic (exact) mass is 362 g/mol. The minimum atomic E-state index is -0.139. The highest BCUT2D eigenvalue weighted by molar-refractivity contribution is 5.95. The smallest absolute Gasteiger partial charge is 0.310 e. The number of benzene rings is 2. The van der Waals surface area contributed by atoms with Crippen LogP contribution >= 0.6 is 0 Å². The summed E-state index contributed by atoms with van der Waals surface area (Å²) >= 11 is 0. The van der Waals surface area contributed by atoms with Gasteiger partial charge >= 0.3 is 5.97 Å². The minimum absolute atomic E-state index is 0.136. The summed E-state index contributed by atoms with van der Waals surface area (Å²) in [6.45, 7) is 3.62. The van der Waals surface area contributed by atoms with E-state index in [1.54, 1.807) is 6.20 Å². The first-order valence-corrected chi connectivity index (χ1v) is 9.35. The number of anilines is 1. The van der Waals surface area contributed by atoms with Gasteiger partial charge in [-0.05, 0) is 30.5 Å². The third-order valence-electron chi connectivity index (χ3n) is 4.94. The molecule has 4 rings (SSSR count). The van der Waals surface area contributed by atoms with Crippen molar-refractivity contribution >= 4 is 22.7 Å². The molecule has 138 valence electrons. The van der Waals surface area contributed by atoms with Crippen LogP contribution < -0.4 is 4.90 Å². The molecule has 0 spiro atoms. The molecule has 1 aliphatic heterocycles. The van der Waals surface area contributed by atoms with Gasteiger partial charge in [0, 0.05) is 18.7 Å². The van der Waals surface area contributed by atoms with Crippen molar-refractivity contribution in [2.75, 3.05) is 24.6 Å². The van der Waals surface area contributed by atoms with Crippen molar-refractivity contribution in [3.05, 3.63) is 48.7 Å². The topological polar surface area (TPSA) is 68.2 Å². The van der Waals surface area contributed by atoms with Crippen LogP contribution in [-0.4, -0.2) is 40.8 Å². The number of nitrogens with zero attached hydrogens (tertiary/aromatic N) is 4. The fraction of sp³-hybridized carbons (Fsp3) is 0.333. The Balaban J connectivity index is 1.63. The van der Waals surface area contributed by atoms with Gasteiger partial charge in [-0.25, -0.2) is 4.98 Å². The second kappa shape index (κ2) is 7.70. The summed E-state index contributed by atoms with van der Waals surface area (Å²) in [4.78, 5) is 18.9. The number of piperidine rings is 1. The number of esters is 1. The second-order valence-electron chi connectivity index (χ2n) is 6.71. The van der Waals surface area contributed by atoms with Crippen molar-refractivity contribution in [2.45, 2.75) is 19.8 Å². The van der Waals surface area contributed by atoms with Crippen molar-refractivity contribution < 1.29 is 9.53 Å². The Morgan fingerprint density at radius 1 is 1.22 bits per heavy atom. The molecule has 1 atom stereocenters. The number of fused-ring (bicyclic) bond motifs is 1. The Bertz CT molecular complexity index is 954. The minimum Gasteiger partial charge on any atom is -0.466 e. The molecule has 0 unspecified atom stereocenters. The molecule has 1 saturated heterocycles. The van der Waals surface area contributed by atoms with Crippen LogP contribution in [0.3, 0.4) is 0 Å². The SMILES string of the molecule is CCOC(=O)[C@H]1CCCN(c2nncc(-c3cccc4ccccc34)n2)C1. The summed E-state index contributed by atoms with van der Waals surface area (Å²) in [5.74, 6) is 0.290. The standard InChI is InChI=1S/C21H22N4O2/c1-2-27-20(26)16-9-6-12-25(14-16)21-23-19(13-22-24-21)18-11-5-8-15-7-3-4-10-17(15)18/h3-5,7-8,10-11,13,16H,2,6,9,12,14H2,1H3/t16-/m0/s1. The molecule has 1 aromatic heterocycles. The number of aromatic nitrogens is 3. The maximum Gasteiger partial charge on any atom is 0.310 e. The van der Waals surface area contributed by atoms with Gasteiger partial charge in [-0.3, -0.25) is 4.79 Å². The first kappa shape index (κ1) is 17.4. The van der Waals surface area contributed by atoms with E-state index in [-0.39, 0.29) is 11.9 Å². The van der Waals surface area contributed by atoms with Gasteiger partial charge in [-0.2, -0.15) is 5.10 Å². The van der Waals surface area contributed by atoms with Gasteiger partial charge in [0.15, 0.2) is 0 Å². The van der Waals surface area contributed by atoms with E-state index in [1.807, 2.05) is 36.1 Å². The van der Waals surface area contributed by atoms with E-state index >= 15 is 0 Å². The van der Waals surface area contributed by atoms with Crippen molar-refractivity contribution in [3.8, 4) is 11.3 Å². The Morgan fingerprint density at radius 2 is 2.07 bits per heavy atom. The lowest BCUT2D eigenvalue weighted by Gasteiger charge is -2.31. The molecule has 1 fully saturated rings. The zero-order chi connectivity index (χ0) is 18.6. The number of hydrogen-bond donors (Lipinski definition) is 0. The highest BCUT2D eigenvalue weighted by atomic mass is 16.5. The Hall–Kier alpha value is -3.02. The van der Waals surface area contributed by atoms with Gasteiger partial charge in [0.1, 0.15) is 0 Å². The molecule has 0 amide bonds. The van der Waals surface area contributed by atoms with E-state index in [4.69, 9.17) is 9.72 Å². The molecule has 0 aliphatic carbocycles. The maximum atomic E-state index is 12.1. The van der Waals surface area contributed by atoms with Crippen LogP contribution in [0.1, 0.15) is 19.8 Å². The Kier molecular flexibility index (Phi) is 4.96. The highest BCUT2D eigenvalue weighted by Gasteiger charge is 2.28. The molecule has 6 nitrogen and oxygen atoms in total. The highest BCUT2D eigenvalue weighted by Crippen LogP contribution is 2.28. The summed E-state index contributed by atoms with van der Waals surface area (Å²) in [6, 6.07) is 14.4. The second-order valence-corrected chi connectivity index (χ2v) is 6.71. The number of hydrogen-bond acceptors (Lipinski definition) is 6. The quantitative estimate of drug-likeness (QED) is 0.662. The molecular weight excluding hydrogens is 340 g/mol.